The molecule has 1 amide bonds. The number of rotatable bonds is 3. The quantitative estimate of drug-likeness (QED) is 0.412. The van der Waals surface area contributed by atoms with Gasteiger partial charge in [0.15, 0.2) is 0 Å². The van der Waals surface area contributed by atoms with Crippen molar-refractivity contribution < 1.29 is 9.18 Å². The van der Waals surface area contributed by atoms with Crippen LogP contribution in [0.25, 0.3) is 5.65 Å². The molecule has 3 aromatic rings. The van der Waals surface area contributed by atoms with E-state index in [1.54, 1.807) is 47.3 Å². The first-order chi connectivity index (χ1) is 10.6. The fourth-order valence-electron chi connectivity index (χ4n) is 1.87. The van der Waals surface area contributed by atoms with E-state index in [0.717, 1.165) is 0 Å². The van der Waals surface area contributed by atoms with Crippen molar-refractivity contribution >= 4 is 40.4 Å². The molecular formula is C15H10FIN4O. The number of nitrogens with one attached hydrogen (secondary N) is 1. The van der Waals surface area contributed by atoms with Gasteiger partial charge in [0.05, 0.1) is 6.21 Å². The predicted octanol–water partition coefficient (Wildman–Crippen LogP) is 2.84. The number of amides is 1. The Morgan fingerprint density at radius 2 is 2.18 bits per heavy atom. The minimum Gasteiger partial charge on any atom is -0.307 e. The summed E-state index contributed by atoms with van der Waals surface area (Å²) in [7, 11) is 0. The SMILES string of the molecule is O=C(N/N=C/c1ccc(F)c(I)c1)c1ccn2ccnc2c1. The van der Waals surface area contributed by atoms with Crippen molar-refractivity contribution in [1.29, 1.82) is 0 Å². The molecule has 1 N–H and O–H groups in total. The van der Waals surface area contributed by atoms with Gasteiger partial charge in [-0.25, -0.2) is 14.8 Å². The van der Waals surface area contributed by atoms with Crippen molar-refractivity contribution in [3.63, 3.8) is 0 Å². The number of hydrazone groups is 1. The summed E-state index contributed by atoms with van der Waals surface area (Å²) in [6, 6.07) is 7.94. The lowest BCUT2D eigenvalue weighted by molar-refractivity contribution is 0.0955. The summed E-state index contributed by atoms with van der Waals surface area (Å²) in [6.07, 6.45) is 6.67. The first-order valence-electron chi connectivity index (χ1n) is 6.35. The van der Waals surface area contributed by atoms with E-state index in [1.165, 1.54) is 12.3 Å². The Hall–Kier alpha value is -2.29. The van der Waals surface area contributed by atoms with Crippen molar-refractivity contribution in [2.75, 3.05) is 0 Å². The highest BCUT2D eigenvalue weighted by atomic mass is 127. The van der Waals surface area contributed by atoms with E-state index in [4.69, 9.17) is 0 Å². The summed E-state index contributed by atoms with van der Waals surface area (Å²) in [4.78, 5) is 16.1. The van der Waals surface area contributed by atoms with Gasteiger partial charge >= 0.3 is 0 Å². The fourth-order valence-corrected chi connectivity index (χ4v) is 2.41. The number of pyridine rings is 1. The standard InChI is InChI=1S/C15H10FIN4O/c16-12-2-1-10(7-13(12)17)9-19-20-15(22)11-3-5-21-6-4-18-14(21)8-11/h1-9H,(H,20,22)/b19-9+. The van der Waals surface area contributed by atoms with Crippen LogP contribution in [-0.4, -0.2) is 21.5 Å². The molecule has 0 saturated carbocycles. The van der Waals surface area contributed by atoms with Gasteiger partial charge in [-0.1, -0.05) is 6.07 Å². The van der Waals surface area contributed by atoms with E-state index in [-0.39, 0.29) is 11.7 Å². The predicted molar refractivity (Wildman–Crippen MR) is 89.4 cm³/mol. The number of hydrogen-bond donors (Lipinski definition) is 1. The number of halogens is 2. The van der Waals surface area contributed by atoms with Crippen LogP contribution in [0.3, 0.4) is 0 Å². The Labute approximate surface area is 139 Å². The molecule has 3 rings (SSSR count). The molecule has 2 aromatic heterocycles. The first kappa shape index (κ1) is 14.6. The molecule has 2 heterocycles. The summed E-state index contributed by atoms with van der Waals surface area (Å²) in [5.41, 5.74) is 4.29. The molecule has 0 radical (unpaired) electrons. The Bertz CT molecular complexity index is 875. The van der Waals surface area contributed by atoms with Crippen molar-refractivity contribution in [3.8, 4) is 0 Å². The average molecular weight is 408 g/mol. The third-order valence-electron chi connectivity index (χ3n) is 2.98. The molecule has 110 valence electrons. The van der Waals surface area contributed by atoms with Gasteiger partial charge in [0.1, 0.15) is 11.5 Å². The number of carbonyl (C=O) groups is 1. The average Bonchev–Trinajstić information content (AvgIpc) is 2.98. The summed E-state index contributed by atoms with van der Waals surface area (Å²) in [5.74, 6) is -0.617. The Morgan fingerprint density at radius 3 is 3.00 bits per heavy atom. The van der Waals surface area contributed by atoms with Crippen LogP contribution in [0.4, 0.5) is 4.39 Å². The number of benzene rings is 1. The molecule has 0 aliphatic heterocycles. The van der Waals surface area contributed by atoms with Crippen LogP contribution in [0.1, 0.15) is 15.9 Å². The minimum absolute atomic E-state index is 0.283. The molecular weight excluding hydrogens is 398 g/mol. The highest BCUT2D eigenvalue weighted by Gasteiger charge is 2.05. The van der Waals surface area contributed by atoms with Gasteiger partial charge in [-0.3, -0.25) is 4.79 Å². The molecule has 0 fully saturated rings. The molecule has 0 aliphatic carbocycles. The summed E-state index contributed by atoms with van der Waals surface area (Å²) >= 11 is 1.90. The Balaban J connectivity index is 1.70. The van der Waals surface area contributed by atoms with Gasteiger partial charge in [0.25, 0.3) is 5.91 Å². The molecule has 22 heavy (non-hydrogen) atoms. The second-order valence-electron chi connectivity index (χ2n) is 4.48. The van der Waals surface area contributed by atoms with Gasteiger partial charge in [-0.15, -0.1) is 0 Å². The molecule has 0 aliphatic rings. The van der Waals surface area contributed by atoms with Crippen LogP contribution in [0.15, 0.2) is 54.0 Å². The second-order valence-corrected chi connectivity index (χ2v) is 5.64. The number of carbonyl (C=O) groups excluding carboxylic acids is 1. The molecule has 7 heteroatoms. The molecule has 5 nitrogen and oxygen atoms in total. The molecule has 1 aromatic carbocycles. The van der Waals surface area contributed by atoms with E-state index in [0.29, 0.717) is 20.3 Å². The van der Waals surface area contributed by atoms with E-state index < -0.39 is 0 Å². The number of fused-ring (bicyclic) bond motifs is 1. The Morgan fingerprint density at radius 1 is 1.32 bits per heavy atom. The summed E-state index contributed by atoms with van der Waals surface area (Å²) in [5, 5.41) is 3.88. The van der Waals surface area contributed by atoms with Crippen molar-refractivity contribution in [3.05, 3.63) is 69.4 Å². The summed E-state index contributed by atoms with van der Waals surface area (Å²) in [6.45, 7) is 0. The van der Waals surface area contributed by atoms with E-state index >= 15 is 0 Å². The number of aromatic nitrogens is 2. The lowest BCUT2D eigenvalue weighted by Crippen LogP contribution is -2.17. The smallest absolute Gasteiger partial charge is 0.271 e. The number of hydrogen-bond acceptors (Lipinski definition) is 3. The maximum absolute atomic E-state index is 13.1. The maximum Gasteiger partial charge on any atom is 0.271 e. The van der Waals surface area contributed by atoms with Gasteiger partial charge in [-0.05, 0) is 52.4 Å². The number of nitrogens with zero attached hydrogens (tertiary/aromatic N) is 3. The van der Waals surface area contributed by atoms with Crippen molar-refractivity contribution in [2.24, 2.45) is 5.10 Å². The molecule has 0 atom stereocenters. The van der Waals surface area contributed by atoms with Crippen LogP contribution >= 0.6 is 22.6 Å². The molecule has 0 bridgehead atoms. The normalized spacial score (nSPS) is 11.2. The second kappa shape index (κ2) is 6.22. The molecule has 0 saturated heterocycles. The van der Waals surface area contributed by atoms with Crippen LogP contribution in [0, 0.1) is 9.39 Å². The highest BCUT2D eigenvalue weighted by Crippen LogP contribution is 2.11. The van der Waals surface area contributed by atoms with Gasteiger partial charge in [-0.2, -0.15) is 5.10 Å². The maximum atomic E-state index is 13.1. The Kier molecular flexibility index (Phi) is 4.14. The van der Waals surface area contributed by atoms with Crippen LogP contribution < -0.4 is 5.43 Å². The van der Waals surface area contributed by atoms with Crippen LogP contribution in [-0.2, 0) is 0 Å². The van der Waals surface area contributed by atoms with Crippen LogP contribution in [0.5, 0.6) is 0 Å². The highest BCUT2D eigenvalue weighted by molar-refractivity contribution is 14.1. The van der Waals surface area contributed by atoms with E-state index in [1.807, 2.05) is 22.6 Å². The van der Waals surface area contributed by atoms with E-state index in [9.17, 15) is 9.18 Å². The van der Waals surface area contributed by atoms with Crippen molar-refractivity contribution in [1.82, 2.24) is 14.8 Å². The minimum atomic E-state index is -0.335. The lowest BCUT2D eigenvalue weighted by atomic mass is 10.2. The fraction of sp³-hybridized carbons (Fsp3) is 0. The molecule has 0 unspecified atom stereocenters. The number of imidazole rings is 1. The zero-order valence-corrected chi connectivity index (χ0v) is 13.4. The zero-order chi connectivity index (χ0) is 15.5. The first-order valence-corrected chi connectivity index (χ1v) is 7.42. The van der Waals surface area contributed by atoms with E-state index in [2.05, 4.69) is 15.5 Å². The topological polar surface area (TPSA) is 58.8 Å². The van der Waals surface area contributed by atoms with Crippen LogP contribution in [0.2, 0.25) is 0 Å². The third kappa shape index (κ3) is 3.14. The van der Waals surface area contributed by atoms with Gasteiger partial charge in [0.2, 0.25) is 0 Å². The van der Waals surface area contributed by atoms with Crippen molar-refractivity contribution in [2.45, 2.75) is 0 Å². The third-order valence-corrected chi connectivity index (χ3v) is 3.81. The largest absolute Gasteiger partial charge is 0.307 e. The van der Waals surface area contributed by atoms with Gasteiger partial charge < -0.3 is 4.40 Å². The lowest BCUT2D eigenvalue weighted by Gasteiger charge is -2.01. The zero-order valence-electron chi connectivity index (χ0n) is 11.2. The monoisotopic (exact) mass is 408 g/mol. The van der Waals surface area contributed by atoms with Gasteiger partial charge in [0, 0.05) is 27.7 Å². The summed E-state index contributed by atoms with van der Waals surface area (Å²) < 4.78 is 15.4. The molecule has 0 spiro atoms.